The van der Waals surface area contributed by atoms with E-state index in [0.29, 0.717) is 11.8 Å². The molecule has 1 fully saturated rings. The summed E-state index contributed by atoms with van der Waals surface area (Å²) >= 11 is 0. The summed E-state index contributed by atoms with van der Waals surface area (Å²) in [6, 6.07) is 8.52. The maximum Gasteiger partial charge on any atom is 0.225 e. The highest BCUT2D eigenvalue weighted by atomic mass is 16.2. The van der Waals surface area contributed by atoms with Crippen LogP contribution in [0.3, 0.4) is 0 Å². The fraction of sp³-hybridized carbons (Fsp3) is 0.389. The SMILES string of the molecule is Cn1cc(C2=CCN(C(=O)C3CC3)CC2)c2ccccc21. The molecule has 4 rings (SSSR count). The Balaban J connectivity index is 1.63. The van der Waals surface area contributed by atoms with Crippen LogP contribution >= 0.6 is 0 Å². The monoisotopic (exact) mass is 280 g/mol. The molecule has 2 aliphatic rings. The van der Waals surface area contributed by atoms with Crippen molar-refractivity contribution in [2.24, 2.45) is 13.0 Å². The van der Waals surface area contributed by atoms with Crippen LogP contribution in [0.15, 0.2) is 36.5 Å². The lowest BCUT2D eigenvalue weighted by Gasteiger charge is -2.26. The molecule has 0 unspecified atom stereocenters. The summed E-state index contributed by atoms with van der Waals surface area (Å²) < 4.78 is 2.19. The van der Waals surface area contributed by atoms with Crippen molar-refractivity contribution in [3.05, 3.63) is 42.1 Å². The first kappa shape index (κ1) is 12.7. The number of nitrogens with zero attached hydrogens (tertiary/aromatic N) is 2. The Morgan fingerprint density at radius 1 is 1.24 bits per heavy atom. The van der Waals surface area contributed by atoms with Gasteiger partial charge in [-0.15, -0.1) is 0 Å². The highest BCUT2D eigenvalue weighted by molar-refractivity contribution is 5.93. The zero-order chi connectivity index (χ0) is 14.4. The van der Waals surface area contributed by atoms with Crippen molar-refractivity contribution in [2.75, 3.05) is 13.1 Å². The summed E-state index contributed by atoms with van der Waals surface area (Å²) in [7, 11) is 2.10. The highest BCUT2D eigenvalue weighted by Gasteiger charge is 2.33. The van der Waals surface area contributed by atoms with Gasteiger partial charge < -0.3 is 9.47 Å². The van der Waals surface area contributed by atoms with Crippen molar-refractivity contribution in [2.45, 2.75) is 19.3 Å². The van der Waals surface area contributed by atoms with Crippen molar-refractivity contribution in [1.29, 1.82) is 0 Å². The van der Waals surface area contributed by atoms with Gasteiger partial charge in [0.2, 0.25) is 5.91 Å². The molecular formula is C18H20N2O. The van der Waals surface area contributed by atoms with Crippen LogP contribution in [0.1, 0.15) is 24.8 Å². The number of amides is 1. The molecule has 0 radical (unpaired) electrons. The lowest BCUT2D eigenvalue weighted by Crippen LogP contribution is -2.35. The van der Waals surface area contributed by atoms with E-state index in [4.69, 9.17) is 0 Å². The number of fused-ring (bicyclic) bond motifs is 1. The average molecular weight is 280 g/mol. The molecule has 1 aliphatic heterocycles. The van der Waals surface area contributed by atoms with Gasteiger partial charge >= 0.3 is 0 Å². The van der Waals surface area contributed by atoms with Crippen LogP contribution in [-0.4, -0.2) is 28.5 Å². The Morgan fingerprint density at radius 2 is 2.05 bits per heavy atom. The number of carbonyl (C=O) groups is 1. The van der Waals surface area contributed by atoms with Gasteiger partial charge in [0, 0.05) is 48.7 Å². The minimum atomic E-state index is 0.331. The Hall–Kier alpha value is -2.03. The van der Waals surface area contributed by atoms with Crippen LogP contribution in [0.25, 0.3) is 16.5 Å². The van der Waals surface area contributed by atoms with E-state index in [-0.39, 0.29) is 0 Å². The maximum atomic E-state index is 12.1. The van der Waals surface area contributed by atoms with Gasteiger partial charge in [-0.2, -0.15) is 0 Å². The third kappa shape index (κ3) is 2.17. The van der Waals surface area contributed by atoms with Gasteiger partial charge in [-0.25, -0.2) is 0 Å². The largest absolute Gasteiger partial charge is 0.350 e. The minimum Gasteiger partial charge on any atom is -0.350 e. The van der Waals surface area contributed by atoms with E-state index < -0.39 is 0 Å². The Morgan fingerprint density at radius 3 is 2.76 bits per heavy atom. The summed E-state index contributed by atoms with van der Waals surface area (Å²) in [6.07, 6.45) is 7.61. The van der Waals surface area contributed by atoms with E-state index in [0.717, 1.165) is 32.4 Å². The number of carbonyl (C=O) groups excluding carboxylic acids is 1. The number of rotatable bonds is 2. The molecule has 1 aromatic heterocycles. The normalized spacial score (nSPS) is 18.9. The lowest BCUT2D eigenvalue weighted by molar-refractivity contribution is -0.132. The third-order valence-corrected chi connectivity index (χ3v) is 4.69. The van der Waals surface area contributed by atoms with Crippen LogP contribution in [0.2, 0.25) is 0 Å². The Bertz CT molecular complexity index is 737. The molecule has 108 valence electrons. The first-order valence-electron chi connectivity index (χ1n) is 7.76. The van der Waals surface area contributed by atoms with E-state index in [9.17, 15) is 4.79 Å². The van der Waals surface area contributed by atoms with Crippen molar-refractivity contribution in [3.63, 3.8) is 0 Å². The first-order valence-corrected chi connectivity index (χ1v) is 7.76. The van der Waals surface area contributed by atoms with Crippen LogP contribution in [0.4, 0.5) is 0 Å². The molecule has 0 atom stereocenters. The molecular weight excluding hydrogens is 260 g/mol. The van der Waals surface area contributed by atoms with Gasteiger partial charge in [-0.1, -0.05) is 24.3 Å². The first-order chi connectivity index (χ1) is 10.2. The molecule has 1 aliphatic carbocycles. The van der Waals surface area contributed by atoms with Gasteiger partial charge in [0.25, 0.3) is 0 Å². The van der Waals surface area contributed by atoms with E-state index in [1.165, 1.54) is 22.0 Å². The quantitative estimate of drug-likeness (QED) is 0.829. The Kier molecular flexibility index (Phi) is 2.88. The predicted octanol–water partition coefficient (Wildman–Crippen LogP) is 3.20. The second-order valence-electron chi connectivity index (χ2n) is 6.21. The highest BCUT2D eigenvalue weighted by Crippen LogP contribution is 2.34. The number of para-hydroxylation sites is 1. The number of hydrogen-bond acceptors (Lipinski definition) is 1. The summed E-state index contributed by atoms with van der Waals surface area (Å²) in [5.41, 5.74) is 3.98. The van der Waals surface area contributed by atoms with Gasteiger partial charge in [-0.3, -0.25) is 4.79 Å². The topological polar surface area (TPSA) is 25.2 Å². The molecule has 3 heteroatoms. The number of aromatic nitrogens is 1. The molecule has 0 saturated heterocycles. The summed E-state index contributed by atoms with van der Waals surface area (Å²) in [6.45, 7) is 1.64. The van der Waals surface area contributed by atoms with Gasteiger partial charge in [-0.05, 0) is 30.9 Å². The maximum absolute atomic E-state index is 12.1. The summed E-state index contributed by atoms with van der Waals surface area (Å²) in [5.74, 6) is 0.695. The molecule has 1 aromatic carbocycles. The number of hydrogen-bond donors (Lipinski definition) is 0. The zero-order valence-electron chi connectivity index (χ0n) is 12.4. The van der Waals surface area contributed by atoms with Crippen molar-refractivity contribution in [3.8, 4) is 0 Å². The second-order valence-corrected chi connectivity index (χ2v) is 6.21. The smallest absolute Gasteiger partial charge is 0.225 e. The molecule has 0 bridgehead atoms. The average Bonchev–Trinajstić information content (AvgIpc) is 3.32. The molecule has 2 heterocycles. The van der Waals surface area contributed by atoms with Crippen LogP contribution in [0, 0.1) is 5.92 Å². The van der Waals surface area contributed by atoms with E-state index >= 15 is 0 Å². The fourth-order valence-electron chi connectivity index (χ4n) is 3.30. The molecule has 21 heavy (non-hydrogen) atoms. The lowest BCUT2D eigenvalue weighted by atomic mass is 9.99. The zero-order valence-corrected chi connectivity index (χ0v) is 12.4. The van der Waals surface area contributed by atoms with Crippen molar-refractivity contribution >= 4 is 22.4 Å². The standard InChI is InChI=1S/C18H20N2O/c1-19-12-16(15-4-2-3-5-17(15)19)13-8-10-20(11-9-13)18(21)14-6-7-14/h2-5,8,12,14H,6-7,9-11H2,1H3. The molecule has 3 nitrogen and oxygen atoms in total. The van der Waals surface area contributed by atoms with Gasteiger partial charge in [0.15, 0.2) is 0 Å². The minimum absolute atomic E-state index is 0.331. The molecule has 0 spiro atoms. The Labute approximate surface area is 124 Å². The fourth-order valence-corrected chi connectivity index (χ4v) is 3.30. The number of benzene rings is 1. The van der Waals surface area contributed by atoms with Crippen molar-refractivity contribution < 1.29 is 4.79 Å². The van der Waals surface area contributed by atoms with Crippen LogP contribution < -0.4 is 0 Å². The molecule has 1 saturated carbocycles. The van der Waals surface area contributed by atoms with Crippen LogP contribution in [-0.2, 0) is 11.8 Å². The number of aryl methyl sites for hydroxylation is 1. The molecule has 1 amide bonds. The van der Waals surface area contributed by atoms with Crippen LogP contribution in [0.5, 0.6) is 0 Å². The van der Waals surface area contributed by atoms with Gasteiger partial charge in [0.1, 0.15) is 0 Å². The summed E-state index contributed by atoms with van der Waals surface area (Å²) in [5, 5.41) is 1.31. The second kappa shape index (κ2) is 4.76. The predicted molar refractivity (Wildman–Crippen MR) is 84.8 cm³/mol. The third-order valence-electron chi connectivity index (χ3n) is 4.69. The summed E-state index contributed by atoms with van der Waals surface area (Å²) in [4.78, 5) is 14.1. The molecule has 0 N–H and O–H groups in total. The van der Waals surface area contributed by atoms with E-state index in [1.54, 1.807) is 0 Å². The van der Waals surface area contributed by atoms with Crippen molar-refractivity contribution in [1.82, 2.24) is 9.47 Å². The van der Waals surface area contributed by atoms with E-state index in [2.05, 4.69) is 48.2 Å². The van der Waals surface area contributed by atoms with Gasteiger partial charge in [0.05, 0.1) is 0 Å². The van der Waals surface area contributed by atoms with E-state index in [1.807, 2.05) is 4.90 Å². The molecule has 2 aromatic rings.